The van der Waals surface area contributed by atoms with E-state index in [-0.39, 0.29) is 12.6 Å². The Hall–Kier alpha value is -0.900. The Morgan fingerprint density at radius 2 is 2.00 bits per heavy atom. The van der Waals surface area contributed by atoms with Gasteiger partial charge in [-0.25, -0.2) is 0 Å². The van der Waals surface area contributed by atoms with Gasteiger partial charge in [-0.1, -0.05) is 30.3 Å². The summed E-state index contributed by atoms with van der Waals surface area (Å²) in [7, 11) is 1.72. The second kappa shape index (κ2) is 8.28. The van der Waals surface area contributed by atoms with Crippen molar-refractivity contribution in [3.05, 3.63) is 35.9 Å². The molecule has 0 aliphatic heterocycles. The van der Waals surface area contributed by atoms with E-state index in [1.165, 1.54) is 0 Å². The third-order valence-corrected chi connectivity index (χ3v) is 2.55. The van der Waals surface area contributed by atoms with Gasteiger partial charge in [0.1, 0.15) is 0 Å². The third kappa shape index (κ3) is 4.75. The molecule has 0 aliphatic rings. The van der Waals surface area contributed by atoms with Gasteiger partial charge in [0.15, 0.2) is 0 Å². The van der Waals surface area contributed by atoms with Gasteiger partial charge >= 0.3 is 0 Å². The number of benzene rings is 1. The lowest BCUT2D eigenvalue weighted by molar-refractivity contribution is 0.190. The van der Waals surface area contributed by atoms with Crippen LogP contribution in [0, 0.1) is 0 Å². The highest BCUT2D eigenvalue weighted by Gasteiger charge is 2.07. The molecule has 0 bridgehead atoms. The van der Waals surface area contributed by atoms with E-state index in [9.17, 15) is 5.11 Å². The molecule has 0 heterocycles. The molecule has 1 aromatic rings. The standard InChI is InChI=1S/C13H21NO2/c1-16-10-6-5-9-14-13(11-15)12-7-3-2-4-8-12/h2-4,7-8,13-15H,5-6,9-11H2,1H3. The predicted octanol–water partition coefficient (Wildman–Crippen LogP) is 1.74. The minimum absolute atomic E-state index is 0.0451. The molecule has 16 heavy (non-hydrogen) atoms. The van der Waals surface area contributed by atoms with Crippen LogP contribution in [-0.4, -0.2) is 32.0 Å². The van der Waals surface area contributed by atoms with Crippen LogP contribution in [-0.2, 0) is 4.74 Å². The molecule has 3 heteroatoms. The maximum atomic E-state index is 9.29. The summed E-state index contributed by atoms with van der Waals surface area (Å²) >= 11 is 0. The maximum Gasteiger partial charge on any atom is 0.0626 e. The highest BCUT2D eigenvalue weighted by Crippen LogP contribution is 2.11. The van der Waals surface area contributed by atoms with Crippen LogP contribution >= 0.6 is 0 Å². The van der Waals surface area contributed by atoms with E-state index in [0.717, 1.165) is 31.6 Å². The molecule has 0 aromatic heterocycles. The zero-order chi connectivity index (χ0) is 11.6. The van der Waals surface area contributed by atoms with Crippen LogP contribution in [0.15, 0.2) is 30.3 Å². The van der Waals surface area contributed by atoms with Crippen molar-refractivity contribution in [2.75, 3.05) is 26.9 Å². The molecule has 0 amide bonds. The number of hydrogen-bond donors (Lipinski definition) is 2. The van der Waals surface area contributed by atoms with Gasteiger partial charge in [-0.05, 0) is 24.9 Å². The number of aliphatic hydroxyl groups is 1. The molecular weight excluding hydrogens is 202 g/mol. The average molecular weight is 223 g/mol. The summed E-state index contributed by atoms with van der Waals surface area (Å²) < 4.78 is 4.98. The summed E-state index contributed by atoms with van der Waals surface area (Å²) in [5, 5.41) is 12.6. The van der Waals surface area contributed by atoms with Crippen LogP contribution in [0.2, 0.25) is 0 Å². The van der Waals surface area contributed by atoms with Crippen molar-refractivity contribution in [2.45, 2.75) is 18.9 Å². The van der Waals surface area contributed by atoms with E-state index < -0.39 is 0 Å². The highest BCUT2D eigenvalue weighted by atomic mass is 16.5. The Labute approximate surface area is 97.4 Å². The lowest BCUT2D eigenvalue weighted by Crippen LogP contribution is -2.25. The van der Waals surface area contributed by atoms with Crippen LogP contribution in [0.25, 0.3) is 0 Å². The van der Waals surface area contributed by atoms with Gasteiger partial charge in [0.05, 0.1) is 12.6 Å². The minimum atomic E-state index is 0.0451. The summed E-state index contributed by atoms with van der Waals surface area (Å²) in [6.07, 6.45) is 2.12. The van der Waals surface area contributed by atoms with E-state index in [1.54, 1.807) is 7.11 Å². The quantitative estimate of drug-likeness (QED) is 0.660. The molecule has 1 aromatic carbocycles. The van der Waals surface area contributed by atoms with Gasteiger partial charge in [0.2, 0.25) is 0 Å². The Balaban J connectivity index is 2.27. The second-order valence-electron chi connectivity index (χ2n) is 3.80. The van der Waals surface area contributed by atoms with E-state index in [2.05, 4.69) is 5.32 Å². The summed E-state index contributed by atoms with van der Waals surface area (Å²) in [6, 6.07) is 10.1. The molecule has 0 fully saturated rings. The Kier molecular flexibility index (Phi) is 6.81. The van der Waals surface area contributed by atoms with Crippen molar-refractivity contribution >= 4 is 0 Å². The Bertz CT molecular complexity index is 264. The zero-order valence-electron chi connectivity index (χ0n) is 9.86. The lowest BCUT2D eigenvalue weighted by atomic mass is 10.1. The highest BCUT2D eigenvalue weighted by molar-refractivity contribution is 5.18. The smallest absolute Gasteiger partial charge is 0.0626 e. The van der Waals surface area contributed by atoms with Crippen molar-refractivity contribution in [1.29, 1.82) is 0 Å². The van der Waals surface area contributed by atoms with Crippen LogP contribution in [0.4, 0.5) is 0 Å². The molecule has 1 unspecified atom stereocenters. The van der Waals surface area contributed by atoms with Crippen molar-refractivity contribution in [3.63, 3.8) is 0 Å². The third-order valence-electron chi connectivity index (χ3n) is 2.55. The topological polar surface area (TPSA) is 41.5 Å². The monoisotopic (exact) mass is 223 g/mol. The minimum Gasteiger partial charge on any atom is -0.394 e. The van der Waals surface area contributed by atoms with Gasteiger partial charge in [0.25, 0.3) is 0 Å². The fourth-order valence-corrected chi connectivity index (χ4v) is 1.62. The van der Waals surface area contributed by atoms with Crippen LogP contribution < -0.4 is 5.32 Å². The Morgan fingerprint density at radius 1 is 1.25 bits per heavy atom. The molecular formula is C13H21NO2. The molecule has 2 N–H and O–H groups in total. The molecule has 1 atom stereocenters. The fourth-order valence-electron chi connectivity index (χ4n) is 1.62. The fraction of sp³-hybridized carbons (Fsp3) is 0.538. The zero-order valence-corrected chi connectivity index (χ0v) is 9.86. The van der Waals surface area contributed by atoms with Gasteiger partial charge in [-0.2, -0.15) is 0 Å². The molecule has 0 radical (unpaired) electrons. The first-order valence-corrected chi connectivity index (χ1v) is 5.76. The molecule has 1 rings (SSSR count). The number of ether oxygens (including phenoxy) is 1. The number of rotatable bonds is 8. The largest absolute Gasteiger partial charge is 0.394 e. The number of nitrogens with one attached hydrogen (secondary N) is 1. The SMILES string of the molecule is COCCCCNC(CO)c1ccccc1. The van der Waals surface area contributed by atoms with E-state index in [0.29, 0.717) is 0 Å². The van der Waals surface area contributed by atoms with E-state index in [4.69, 9.17) is 4.74 Å². The Morgan fingerprint density at radius 3 is 2.62 bits per heavy atom. The van der Waals surface area contributed by atoms with E-state index in [1.807, 2.05) is 30.3 Å². The summed E-state index contributed by atoms with van der Waals surface area (Å²) in [5.41, 5.74) is 1.14. The molecule has 3 nitrogen and oxygen atoms in total. The van der Waals surface area contributed by atoms with Gasteiger partial charge in [0, 0.05) is 13.7 Å². The van der Waals surface area contributed by atoms with Crippen LogP contribution in [0.3, 0.4) is 0 Å². The van der Waals surface area contributed by atoms with Crippen LogP contribution in [0.5, 0.6) is 0 Å². The number of methoxy groups -OCH3 is 1. The maximum absolute atomic E-state index is 9.29. The first-order chi connectivity index (χ1) is 7.88. The first kappa shape index (κ1) is 13.2. The van der Waals surface area contributed by atoms with Gasteiger partial charge in [-0.15, -0.1) is 0 Å². The number of aliphatic hydroxyl groups excluding tert-OH is 1. The van der Waals surface area contributed by atoms with E-state index >= 15 is 0 Å². The first-order valence-electron chi connectivity index (χ1n) is 5.76. The molecule has 90 valence electrons. The normalized spacial score (nSPS) is 12.6. The second-order valence-corrected chi connectivity index (χ2v) is 3.80. The predicted molar refractivity (Wildman–Crippen MR) is 65.4 cm³/mol. The number of unbranched alkanes of at least 4 members (excludes halogenated alkanes) is 1. The number of hydrogen-bond acceptors (Lipinski definition) is 3. The van der Waals surface area contributed by atoms with Crippen molar-refractivity contribution in [1.82, 2.24) is 5.32 Å². The van der Waals surface area contributed by atoms with Gasteiger partial charge in [-0.3, -0.25) is 0 Å². The summed E-state index contributed by atoms with van der Waals surface area (Å²) in [4.78, 5) is 0. The summed E-state index contributed by atoms with van der Waals surface area (Å²) in [5.74, 6) is 0. The molecule has 0 saturated heterocycles. The van der Waals surface area contributed by atoms with Gasteiger partial charge < -0.3 is 15.2 Å². The summed E-state index contributed by atoms with van der Waals surface area (Å²) in [6.45, 7) is 1.84. The van der Waals surface area contributed by atoms with Crippen molar-refractivity contribution < 1.29 is 9.84 Å². The molecule has 0 spiro atoms. The van der Waals surface area contributed by atoms with Crippen molar-refractivity contribution in [3.8, 4) is 0 Å². The van der Waals surface area contributed by atoms with Crippen molar-refractivity contribution in [2.24, 2.45) is 0 Å². The molecule has 0 aliphatic carbocycles. The lowest BCUT2D eigenvalue weighted by Gasteiger charge is -2.16. The average Bonchev–Trinajstić information content (AvgIpc) is 2.35. The molecule has 0 saturated carbocycles. The van der Waals surface area contributed by atoms with Crippen LogP contribution in [0.1, 0.15) is 24.4 Å².